The Bertz CT molecular complexity index is 329. The Morgan fingerprint density at radius 2 is 2.29 bits per heavy atom. The van der Waals surface area contributed by atoms with Gasteiger partial charge in [-0.15, -0.1) is 0 Å². The first-order valence-corrected chi connectivity index (χ1v) is 4.70. The van der Waals surface area contributed by atoms with E-state index >= 15 is 0 Å². The van der Waals surface area contributed by atoms with Crippen molar-refractivity contribution in [1.82, 2.24) is 10.5 Å². The molecular weight excluding hydrogens is 180 g/mol. The molecule has 1 N–H and O–H groups in total. The number of aromatic nitrogens is 1. The summed E-state index contributed by atoms with van der Waals surface area (Å²) in [4.78, 5) is 11.6. The second-order valence-corrected chi connectivity index (χ2v) is 4.02. The molecule has 4 heteroatoms. The molecule has 1 aromatic rings. The number of hydrogen-bond donors (Lipinski definition) is 1. The van der Waals surface area contributed by atoms with E-state index in [9.17, 15) is 4.79 Å². The number of rotatable bonds is 3. The largest absolute Gasteiger partial charge is 0.351 e. The van der Waals surface area contributed by atoms with Crippen LogP contribution in [-0.2, 0) is 0 Å². The third-order valence-corrected chi connectivity index (χ3v) is 2.19. The lowest BCUT2D eigenvalue weighted by atomic mass is 10.0. The molecule has 0 atom stereocenters. The molecule has 1 rings (SSSR count). The first-order chi connectivity index (χ1) is 6.44. The quantitative estimate of drug-likeness (QED) is 0.803. The van der Waals surface area contributed by atoms with Crippen LogP contribution in [0.25, 0.3) is 0 Å². The minimum absolute atomic E-state index is 0.211. The van der Waals surface area contributed by atoms with Crippen LogP contribution in [0.15, 0.2) is 10.6 Å². The third kappa shape index (κ3) is 2.58. The molecule has 0 bridgehead atoms. The molecule has 0 saturated heterocycles. The summed E-state index contributed by atoms with van der Waals surface area (Å²) in [6, 6.07) is 1.63. The highest BCUT2D eigenvalue weighted by Gasteiger charge is 2.21. The highest BCUT2D eigenvalue weighted by Crippen LogP contribution is 2.09. The standard InChI is InChI=1S/C10H16N2O2/c1-5-10(3,4)11-9(13)8-6-7(2)12-14-8/h6H,5H2,1-4H3,(H,11,13). The van der Waals surface area contributed by atoms with Crippen molar-refractivity contribution in [1.29, 1.82) is 0 Å². The molecule has 78 valence electrons. The number of aryl methyl sites for hydroxylation is 1. The second kappa shape index (κ2) is 3.82. The van der Waals surface area contributed by atoms with Gasteiger partial charge in [0.1, 0.15) is 0 Å². The molecule has 14 heavy (non-hydrogen) atoms. The van der Waals surface area contributed by atoms with Crippen LogP contribution < -0.4 is 5.32 Å². The summed E-state index contributed by atoms with van der Waals surface area (Å²) in [5.41, 5.74) is 0.502. The number of carbonyl (C=O) groups excluding carboxylic acids is 1. The highest BCUT2D eigenvalue weighted by atomic mass is 16.5. The summed E-state index contributed by atoms with van der Waals surface area (Å²) in [7, 11) is 0. The fraction of sp³-hybridized carbons (Fsp3) is 0.600. The number of nitrogens with one attached hydrogen (secondary N) is 1. The monoisotopic (exact) mass is 196 g/mol. The van der Waals surface area contributed by atoms with Crippen LogP contribution in [0.3, 0.4) is 0 Å². The van der Waals surface area contributed by atoms with Gasteiger partial charge >= 0.3 is 0 Å². The SMILES string of the molecule is CCC(C)(C)NC(=O)c1cc(C)no1. The normalized spacial score (nSPS) is 11.4. The van der Waals surface area contributed by atoms with E-state index in [-0.39, 0.29) is 17.2 Å². The molecule has 0 aromatic carbocycles. The molecule has 0 unspecified atom stereocenters. The molecule has 1 heterocycles. The fourth-order valence-corrected chi connectivity index (χ4v) is 0.928. The zero-order valence-corrected chi connectivity index (χ0v) is 9.05. The summed E-state index contributed by atoms with van der Waals surface area (Å²) < 4.78 is 4.85. The van der Waals surface area contributed by atoms with E-state index in [1.165, 1.54) is 0 Å². The summed E-state index contributed by atoms with van der Waals surface area (Å²) in [5, 5.41) is 6.52. The van der Waals surface area contributed by atoms with Crippen LogP contribution >= 0.6 is 0 Å². The first kappa shape index (κ1) is 10.8. The number of carbonyl (C=O) groups is 1. The lowest BCUT2D eigenvalue weighted by Crippen LogP contribution is -2.42. The van der Waals surface area contributed by atoms with E-state index in [0.29, 0.717) is 5.69 Å². The van der Waals surface area contributed by atoms with Gasteiger partial charge in [-0.3, -0.25) is 4.79 Å². The van der Waals surface area contributed by atoms with Crippen LogP contribution in [0.1, 0.15) is 43.4 Å². The molecule has 0 aliphatic carbocycles. The van der Waals surface area contributed by atoms with Gasteiger partial charge in [0.2, 0.25) is 5.76 Å². The zero-order valence-electron chi connectivity index (χ0n) is 9.05. The minimum Gasteiger partial charge on any atom is -0.351 e. The average Bonchev–Trinajstić information content (AvgIpc) is 2.51. The predicted molar refractivity (Wildman–Crippen MR) is 53.1 cm³/mol. The van der Waals surface area contributed by atoms with Gasteiger partial charge in [0.15, 0.2) is 0 Å². The zero-order chi connectivity index (χ0) is 10.8. The first-order valence-electron chi connectivity index (χ1n) is 4.70. The average molecular weight is 196 g/mol. The Hall–Kier alpha value is -1.32. The van der Waals surface area contributed by atoms with Crippen LogP contribution in [0.5, 0.6) is 0 Å². The highest BCUT2D eigenvalue weighted by molar-refractivity contribution is 5.91. The van der Waals surface area contributed by atoms with E-state index in [4.69, 9.17) is 4.52 Å². The van der Waals surface area contributed by atoms with E-state index in [1.807, 2.05) is 20.8 Å². The van der Waals surface area contributed by atoms with E-state index in [2.05, 4.69) is 10.5 Å². The van der Waals surface area contributed by atoms with Gasteiger partial charge in [-0.25, -0.2) is 0 Å². The molecule has 0 aliphatic rings. The Morgan fingerprint density at radius 3 is 2.71 bits per heavy atom. The number of hydrogen-bond acceptors (Lipinski definition) is 3. The number of nitrogens with zero attached hydrogens (tertiary/aromatic N) is 1. The summed E-state index contributed by atoms with van der Waals surface area (Å²) >= 11 is 0. The summed E-state index contributed by atoms with van der Waals surface area (Å²) in [5.74, 6) is 0.0569. The number of amides is 1. The second-order valence-electron chi connectivity index (χ2n) is 4.02. The fourth-order valence-electron chi connectivity index (χ4n) is 0.928. The Kier molecular flexibility index (Phi) is 2.93. The van der Waals surface area contributed by atoms with E-state index in [0.717, 1.165) is 6.42 Å². The van der Waals surface area contributed by atoms with Crippen molar-refractivity contribution < 1.29 is 9.32 Å². The third-order valence-electron chi connectivity index (χ3n) is 2.19. The summed E-state index contributed by atoms with van der Waals surface area (Å²) in [6.45, 7) is 7.74. The maximum absolute atomic E-state index is 11.6. The lowest BCUT2D eigenvalue weighted by Gasteiger charge is -2.23. The molecule has 1 aromatic heterocycles. The van der Waals surface area contributed by atoms with Gasteiger partial charge in [0.25, 0.3) is 5.91 Å². The molecule has 4 nitrogen and oxygen atoms in total. The van der Waals surface area contributed by atoms with Gasteiger partial charge in [0.05, 0.1) is 5.69 Å². The maximum atomic E-state index is 11.6. The van der Waals surface area contributed by atoms with Gasteiger partial charge < -0.3 is 9.84 Å². The Morgan fingerprint density at radius 1 is 1.64 bits per heavy atom. The molecule has 0 fully saturated rings. The molecular formula is C10H16N2O2. The summed E-state index contributed by atoms with van der Waals surface area (Å²) in [6.07, 6.45) is 0.867. The van der Waals surface area contributed by atoms with Crippen molar-refractivity contribution in [3.63, 3.8) is 0 Å². The van der Waals surface area contributed by atoms with E-state index in [1.54, 1.807) is 13.0 Å². The molecule has 0 aliphatic heterocycles. The lowest BCUT2D eigenvalue weighted by molar-refractivity contribution is 0.0873. The molecule has 0 radical (unpaired) electrons. The van der Waals surface area contributed by atoms with Crippen molar-refractivity contribution in [3.05, 3.63) is 17.5 Å². The van der Waals surface area contributed by atoms with Crippen LogP contribution in [0, 0.1) is 6.92 Å². The van der Waals surface area contributed by atoms with Gasteiger partial charge in [-0.2, -0.15) is 0 Å². The van der Waals surface area contributed by atoms with Crippen LogP contribution in [0.2, 0.25) is 0 Å². The minimum atomic E-state index is -0.211. The maximum Gasteiger partial charge on any atom is 0.290 e. The Labute approximate surface area is 83.7 Å². The van der Waals surface area contributed by atoms with Crippen molar-refractivity contribution >= 4 is 5.91 Å². The van der Waals surface area contributed by atoms with Crippen molar-refractivity contribution in [2.45, 2.75) is 39.7 Å². The molecule has 0 spiro atoms. The van der Waals surface area contributed by atoms with Crippen molar-refractivity contribution in [2.75, 3.05) is 0 Å². The van der Waals surface area contributed by atoms with E-state index < -0.39 is 0 Å². The molecule has 1 amide bonds. The van der Waals surface area contributed by atoms with Crippen LogP contribution in [-0.4, -0.2) is 16.6 Å². The molecule has 0 saturated carbocycles. The Balaban J connectivity index is 2.68. The van der Waals surface area contributed by atoms with Crippen LogP contribution in [0.4, 0.5) is 0 Å². The van der Waals surface area contributed by atoms with Crippen molar-refractivity contribution in [2.24, 2.45) is 0 Å². The van der Waals surface area contributed by atoms with Gasteiger partial charge in [-0.05, 0) is 27.2 Å². The van der Waals surface area contributed by atoms with Gasteiger partial charge in [-0.1, -0.05) is 12.1 Å². The predicted octanol–water partition coefficient (Wildman–Crippen LogP) is 1.90. The topological polar surface area (TPSA) is 55.1 Å². The smallest absolute Gasteiger partial charge is 0.290 e. The van der Waals surface area contributed by atoms with Crippen molar-refractivity contribution in [3.8, 4) is 0 Å². The van der Waals surface area contributed by atoms with Gasteiger partial charge in [0, 0.05) is 11.6 Å².